The second kappa shape index (κ2) is 6.57. The van der Waals surface area contributed by atoms with E-state index in [-0.39, 0.29) is 5.91 Å². The molecular weight excluding hydrogens is 276 g/mol. The first-order valence-electron chi connectivity index (χ1n) is 6.95. The van der Waals surface area contributed by atoms with E-state index in [1.54, 1.807) is 18.2 Å². The van der Waals surface area contributed by atoms with Gasteiger partial charge in [0.25, 0.3) is 0 Å². The fraction of sp³-hybridized carbons (Fsp3) is 0.533. The van der Waals surface area contributed by atoms with Crippen LogP contribution in [0.3, 0.4) is 0 Å². The molecule has 0 aromatic heterocycles. The van der Waals surface area contributed by atoms with Crippen molar-refractivity contribution in [1.29, 1.82) is 0 Å². The van der Waals surface area contributed by atoms with Gasteiger partial charge in [-0.05, 0) is 44.5 Å². The Hall–Kier alpha value is -1.10. The van der Waals surface area contributed by atoms with E-state index in [1.165, 1.54) is 0 Å². The summed E-state index contributed by atoms with van der Waals surface area (Å²) in [5.74, 6) is -0.0301. The van der Waals surface area contributed by atoms with E-state index >= 15 is 0 Å². The van der Waals surface area contributed by atoms with Gasteiger partial charge in [0.1, 0.15) is 0 Å². The predicted octanol–water partition coefficient (Wildman–Crippen LogP) is 2.52. The minimum Gasteiger partial charge on any atom is -0.389 e. The third-order valence-electron chi connectivity index (χ3n) is 3.52. The molecule has 5 heteroatoms. The average Bonchev–Trinajstić information content (AvgIpc) is 2.35. The summed E-state index contributed by atoms with van der Waals surface area (Å²) in [7, 11) is 0. The Bertz CT molecular complexity index is 477. The van der Waals surface area contributed by atoms with Gasteiger partial charge in [0.05, 0.1) is 5.60 Å². The molecule has 20 heavy (non-hydrogen) atoms. The van der Waals surface area contributed by atoms with Gasteiger partial charge in [0.15, 0.2) is 0 Å². The summed E-state index contributed by atoms with van der Waals surface area (Å²) < 4.78 is 0. The summed E-state index contributed by atoms with van der Waals surface area (Å²) in [6, 6.07) is 7.12. The summed E-state index contributed by atoms with van der Waals surface area (Å²) in [5, 5.41) is 13.5. The molecule has 0 bridgehead atoms. The van der Waals surface area contributed by atoms with Crippen LogP contribution >= 0.6 is 11.6 Å². The van der Waals surface area contributed by atoms with Crippen molar-refractivity contribution in [1.82, 2.24) is 4.90 Å². The van der Waals surface area contributed by atoms with Crippen LogP contribution in [0.25, 0.3) is 0 Å². The van der Waals surface area contributed by atoms with Crippen LogP contribution in [0.5, 0.6) is 0 Å². The van der Waals surface area contributed by atoms with E-state index in [0.29, 0.717) is 30.2 Å². The quantitative estimate of drug-likeness (QED) is 0.898. The van der Waals surface area contributed by atoms with Gasteiger partial charge in [0.2, 0.25) is 5.91 Å². The van der Waals surface area contributed by atoms with Gasteiger partial charge in [-0.3, -0.25) is 9.69 Å². The van der Waals surface area contributed by atoms with E-state index in [0.717, 1.165) is 19.4 Å². The first-order valence-corrected chi connectivity index (χ1v) is 7.33. The number of rotatable bonds is 4. The van der Waals surface area contributed by atoms with Gasteiger partial charge in [-0.15, -0.1) is 0 Å². The van der Waals surface area contributed by atoms with Gasteiger partial charge in [-0.2, -0.15) is 0 Å². The lowest BCUT2D eigenvalue weighted by atomic mass is 9.95. The largest absolute Gasteiger partial charge is 0.389 e. The number of aliphatic hydroxyl groups is 1. The molecule has 2 rings (SSSR count). The highest BCUT2D eigenvalue weighted by atomic mass is 35.5. The number of nitrogens with zero attached hydrogens (tertiary/aromatic N) is 1. The summed E-state index contributed by atoms with van der Waals surface area (Å²) in [6.07, 6.45) is 2.23. The van der Waals surface area contributed by atoms with E-state index in [2.05, 4.69) is 10.2 Å². The molecule has 1 heterocycles. The number of hydrogen-bond donors (Lipinski definition) is 2. The van der Waals surface area contributed by atoms with Gasteiger partial charge >= 0.3 is 0 Å². The zero-order valence-corrected chi connectivity index (χ0v) is 12.5. The average molecular weight is 297 g/mol. The first kappa shape index (κ1) is 15.3. The SMILES string of the molecule is CC1(O)CCCN(CCC(=O)Nc2cccc(Cl)c2)C1. The van der Waals surface area contributed by atoms with Crippen LogP contribution in [0.1, 0.15) is 26.2 Å². The molecule has 1 aromatic rings. The molecule has 0 saturated carbocycles. The highest BCUT2D eigenvalue weighted by Crippen LogP contribution is 2.20. The maximum absolute atomic E-state index is 11.9. The smallest absolute Gasteiger partial charge is 0.225 e. The summed E-state index contributed by atoms with van der Waals surface area (Å²) >= 11 is 5.87. The number of carbonyl (C=O) groups is 1. The molecule has 4 nitrogen and oxygen atoms in total. The molecule has 2 N–H and O–H groups in total. The maximum Gasteiger partial charge on any atom is 0.225 e. The zero-order chi connectivity index (χ0) is 14.6. The number of likely N-dealkylation sites (tertiary alicyclic amines) is 1. The van der Waals surface area contributed by atoms with E-state index in [4.69, 9.17) is 11.6 Å². The predicted molar refractivity (Wildman–Crippen MR) is 81.0 cm³/mol. The van der Waals surface area contributed by atoms with Crippen molar-refractivity contribution in [3.8, 4) is 0 Å². The Balaban J connectivity index is 1.78. The van der Waals surface area contributed by atoms with Gasteiger partial charge in [-0.25, -0.2) is 0 Å². The number of piperidine rings is 1. The Labute approximate surface area is 124 Å². The highest BCUT2D eigenvalue weighted by Gasteiger charge is 2.28. The number of anilines is 1. The number of hydrogen-bond acceptors (Lipinski definition) is 3. The third kappa shape index (κ3) is 4.78. The standard InChI is InChI=1S/C15H21ClN2O2/c1-15(20)7-3-8-18(11-15)9-6-14(19)17-13-5-2-4-12(16)10-13/h2,4-5,10,20H,3,6-9,11H2,1H3,(H,17,19). The van der Waals surface area contributed by atoms with E-state index in [9.17, 15) is 9.90 Å². The van der Waals surface area contributed by atoms with Crippen LogP contribution in [-0.4, -0.2) is 41.1 Å². The fourth-order valence-corrected chi connectivity index (χ4v) is 2.75. The van der Waals surface area contributed by atoms with Crippen LogP contribution in [0.15, 0.2) is 24.3 Å². The zero-order valence-electron chi connectivity index (χ0n) is 11.7. The minimum atomic E-state index is -0.623. The Morgan fingerprint density at radius 3 is 3.05 bits per heavy atom. The fourth-order valence-electron chi connectivity index (χ4n) is 2.56. The lowest BCUT2D eigenvalue weighted by molar-refractivity contribution is -0.117. The third-order valence-corrected chi connectivity index (χ3v) is 3.75. The van der Waals surface area contributed by atoms with Crippen LogP contribution in [0, 0.1) is 0 Å². The van der Waals surface area contributed by atoms with Gasteiger partial charge in [0, 0.05) is 30.2 Å². The van der Waals surface area contributed by atoms with Crippen molar-refractivity contribution in [2.45, 2.75) is 31.8 Å². The lowest BCUT2D eigenvalue weighted by Crippen LogP contribution is -2.46. The van der Waals surface area contributed by atoms with Crippen LogP contribution in [-0.2, 0) is 4.79 Å². The number of halogens is 1. The minimum absolute atomic E-state index is 0.0301. The van der Waals surface area contributed by atoms with Crippen molar-refractivity contribution in [2.24, 2.45) is 0 Å². The second-order valence-corrected chi connectivity index (χ2v) is 6.12. The summed E-state index contributed by atoms with van der Waals surface area (Å²) in [6.45, 7) is 4.10. The lowest BCUT2D eigenvalue weighted by Gasteiger charge is -2.36. The monoisotopic (exact) mass is 296 g/mol. The number of nitrogens with one attached hydrogen (secondary N) is 1. The molecule has 0 radical (unpaired) electrons. The molecule has 1 unspecified atom stereocenters. The topological polar surface area (TPSA) is 52.6 Å². The van der Waals surface area contributed by atoms with Crippen molar-refractivity contribution in [3.05, 3.63) is 29.3 Å². The second-order valence-electron chi connectivity index (χ2n) is 5.69. The molecule has 0 spiro atoms. The number of β-amino-alcohol motifs (C(OH)–C–C–N with tert-alkyl or cyclic N) is 1. The molecule has 1 amide bonds. The molecule has 1 saturated heterocycles. The summed E-state index contributed by atoms with van der Waals surface area (Å²) in [5.41, 5.74) is 0.0925. The first-order chi connectivity index (χ1) is 9.44. The molecule has 1 aliphatic heterocycles. The molecule has 1 aliphatic rings. The van der Waals surface area contributed by atoms with E-state index < -0.39 is 5.60 Å². The molecule has 1 fully saturated rings. The number of benzene rings is 1. The number of carbonyl (C=O) groups excluding carboxylic acids is 1. The number of amides is 1. The van der Waals surface area contributed by atoms with Crippen LogP contribution in [0.2, 0.25) is 5.02 Å². The van der Waals surface area contributed by atoms with Gasteiger partial charge in [-0.1, -0.05) is 17.7 Å². The van der Waals surface area contributed by atoms with Crippen LogP contribution < -0.4 is 5.32 Å². The highest BCUT2D eigenvalue weighted by molar-refractivity contribution is 6.30. The van der Waals surface area contributed by atoms with Crippen molar-refractivity contribution < 1.29 is 9.90 Å². The Kier molecular flexibility index (Phi) is 5.02. The molecular formula is C15H21ClN2O2. The Morgan fingerprint density at radius 2 is 2.35 bits per heavy atom. The molecule has 0 aliphatic carbocycles. The van der Waals surface area contributed by atoms with Gasteiger partial charge < -0.3 is 10.4 Å². The van der Waals surface area contributed by atoms with Crippen molar-refractivity contribution in [3.63, 3.8) is 0 Å². The molecule has 110 valence electrons. The van der Waals surface area contributed by atoms with Crippen molar-refractivity contribution >= 4 is 23.2 Å². The van der Waals surface area contributed by atoms with E-state index in [1.807, 2.05) is 13.0 Å². The van der Waals surface area contributed by atoms with Crippen molar-refractivity contribution in [2.75, 3.05) is 25.0 Å². The molecule has 1 aromatic carbocycles. The molecule has 1 atom stereocenters. The maximum atomic E-state index is 11.9. The normalized spacial score (nSPS) is 23.6. The summed E-state index contributed by atoms with van der Waals surface area (Å²) in [4.78, 5) is 14.0. The Morgan fingerprint density at radius 1 is 1.55 bits per heavy atom. The van der Waals surface area contributed by atoms with Crippen LogP contribution in [0.4, 0.5) is 5.69 Å².